The second kappa shape index (κ2) is 10.7. The Hall–Kier alpha value is -3.11. The number of carboxylic acids is 1. The van der Waals surface area contributed by atoms with Gasteiger partial charge in [0.2, 0.25) is 0 Å². The van der Waals surface area contributed by atoms with Gasteiger partial charge in [-0.2, -0.15) is 10.3 Å². The summed E-state index contributed by atoms with van der Waals surface area (Å²) in [6, 6.07) is -0.919. The maximum Gasteiger partial charge on any atom is 0.352 e. The van der Waals surface area contributed by atoms with E-state index in [4.69, 9.17) is 10.6 Å². The first kappa shape index (κ1) is 25.0. The minimum Gasteiger partial charge on any atom is -0.477 e. The Morgan fingerprint density at radius 2 is 2.29 bits per heavy atom. The SMILES string of the molecule is CC(C)CON=C(C(=O)NC1C(=O)N2C(C(=O)O)=C(CSc3cn[nH]n3)CS[C@H]12)c1csc(N)n1. The predicted molar refractivity (Wildman–Crippen MR) is 131 cm³/mol. The Morgan fingerprint density at radius 1 is 1.49 bits per heavy atom. The van der Waals surface area contributed by atoms with Gasteiger partial charge in [-0.15, -0.1) is 28.2 Å². The standard InChI is InChI=1S/C19H22N8O5S3/c1-8(2)4-32-25-12(10-7-35-19(20)22-10)15(28)23-13-16(29)27-14(18(30)31)9(6-34-17(13)27)5-33-11-3-21-26-24-11/h3,7-8,13,17H,4-6H2,1-2H3,(H2,20,22)(H,23,28)(H,30,31)(H,21,24,26)/t13?,17-/m1/s1. The van der Waals surface area contributed by atoms with E-state index in [1.54, 1.807) is 5.38 Å². The fourth-order valence-electron chi connectivity index (χ4n) is 3.28. The van der Waals surface area contributed by atoms with Crippen molar-refractivity contribution >= 4 is 63.5 Å². The number of nitrogens with zero attached hydrogens (tertiary/aromatic N) is 5. The molecule has 0 aliphatic carbocycles. The number of thiazole rings is 1. The van der Waals surface area contributed by atoms with Crippen LogP contribution in [-0.2, 0) is 19.2 Å². The molecule has 2 aliphatic rings. The predicted octanol–water partition coefficient (Wildman–Crippen LogP) is 0.751. The van der Waals surface area contributed by atoms with E-state index in [2.05, 4.69) is 30.9 Å². The van der Waals surface area contributed by atoms with Crippen LogP contribution in [0.2, 0.25) is 0 Å². The molecule has 4 heterocycles. The molecule has 186 valence electrons. The topological polar surface area (TPSA) is 189 Å². The monoisotopic (exact) mass is 538 g/mol. The highest BCUT2D eigenvalue weighted by Crippen LogP contribution is 2.41. The number of β-lactam (4-membered cyclic amide) rings is 1. The number of nitrogen functional groups attached to an aromatic ring is 1. The molecular formula is C19H22N8O5S3. The van der Waals surface area contributed by atoms with E-state index in [1.807, 2.05) is 13.8 Å². The van der Waals surface area contributed by atoms with Gasteiger partial charge >= 0.3 is 5.97 Å². The normalized spacial score (nSPS) is 20.0. The Bertz CT molecular complexity index is 1180. The van der Waals surface area contributed by atoms with Gasteiger partial charge in [0.1, 0.15) is 34.4 Å². The lowest BCUT2D eigenvalue weighted by Gasteiger charge is -2.49. The zero-order valence-electron chi connectivity index (χ0n) is 18.6. The molecule has 2 aliphatic heterocycles. The number of hydrogen-bond donors (Lipinski definition) is 4. The average Bonchev–Trinajstić information content (AvgIpc) is 3.49. The molecule has 4 rings (SSSR count). The number of carbonyl (C=O) groups is 3. The molecule has 0 aromatic carbocycles. The van der Waals surface area contributed by atoms with Crippen LogP contribution in [0.15, 0.2) is 33.0 Å². The molecule has 0 radical (unpaired) electrons. The van der Waals surface area contributed by atoms with Crippen LogP contribution in [0.25, 0.3) is 0 Å². The number of amides is 2. The van der Waals surface area contributed by atoms with Gasteiger partial charge in [0, 0.05) is 16.9 Å². The van der Waals surface area contributed by atoms with Crippen molar-refractivity contribution in [1.29, 1.82) is 0 Å². The average molecular weight is 539 g/mol. The van der Waals surface area contributed by atoms with Gasteiger partial charge in [0.05, 0.1) is 6.20 Å². The Morgan fingerprint density at radius 3 is 2.91 bits per heavy atom. The van der Waals surface area contributed by atoms with Crippen LogP contribution in [0.4, 0.5) is 5.13 Å². The zero-order valence-corrected chi connectivity index (χ0v) is 21.1. The summed E-state index contributed by atoms with van der Waals surface area (Å²) in [4.78, 5) is 48.6. The summed E-state index contributed by atoms with van der Waals surface area (Å²) < 4.78 is 0. The number of nitrogens with two attached hydrogens (primary N) is 1. The number of carboxylic acid groups (broad SMARTS) is 1. The maximum absolute atomic E-state index is 13.0. The highest BCUT2D eigenvalue weighted by Gasteiger charge is 2.54. The number of nitrogens with one attached hydrogen (secondary N) is 2. The smallest absolute Gasteiger partial charge is 0.352 e. The molecule has 13 nitrogen and oxygen atoms in total. The molecule has 0 bridgehead atoms. The van der Waals surface area contributed by atoms with Gasteiger partial charge in [0.25, 0.3) is 11.8 Å². The van der Waals surface area contributed by atoms with Gasteiger partial charge in [-0.05, 0) is 11.5 Å². The van der Waals surface area contributed by atoms with E-state index in [9.17, 15) is 19.5 Å². The van der Waals surface area contributed by atoms with Gasteiger partial charge in [-0.3, -0.25) is 14.5 Å². The van der Waals surface area contributed by atoms with Crippen molar-refractivity contribution in [1.82, 2.24) is 30.6 Å². The lowest BCUT2D eigenvalue weighted by molar-refractivity contribution is -0.150. The van der Waals surface area contributed by atoms with E-state index < -0.39 is 29.2 Å². The Balaban J connectivity index is 1.48. The highest BCUT2D eigenvalue weighted by molar-refractivity contribution is 8.01. The molecular weight excluding hydrogens is 516 g/mol. The van der Waals surface area contributed by atoms with Gasteiger partial charge in [-0.25, -0.2) is 9.78 Å². The highest BCUT2D eigenvalue weighted by atomic mass is 32.2. The third-order valence-electron chi connectivity index (χ3n) is 4.87. The summed E-state index contributed by atoms with van der Waals surface area (Å²) in [6.45, 7) is 4.15. The first-order valence-electron chi connectivity index (χ1n) is 10.4. The van der Waals surface area contributed by atoms with Crippen LogP contribution in [0.5, 0.6) is 0 Å². The van der Waals surface area contributed by atoms with Crippen LogP contribution in [0.1, 0.15) is 19.5 Å². The van der Waals surface area contributed by atoms with E-state index in [1.165, 1.54) is 34.6 Å². The number of hydrogen-bond acceptors (Lipinski definition) is 12. The second-order valence-electron chi connectivity index (χ2n) is 7.92. The lowest BCUT2D eigenvalue weighted by atomic mass is 10.0. The van der Waals surface area contributed by atoms with Crippen LogP contribution in [0.3, 0.4) is 0 Å². The minimum absolute atomic E-state index is 0.0679. The summed E-state index contributed by atoms with van der Waals surface area (Å²) in [6.07, 6.45) is 1.53. The molecule has 2 amide bonds. The number of aromatic nitrogens is 4. The summed E-state index contributed by atoms with van der Waals surface area (Å²) in [5.41, 5.74) is 6.34. The first-order chi connectivity index (χ1) is 16.8. The molecule has 2 aromatic heterocycles. The second-order valence-corrected chi connectivity index (χ2v) is 10.9. The number of thioether (sulfide) groups is 2. The minimum atomic E-state index is -1.20. The molecule has 0 spiro atoms. The Labute approximate surface area is 211 Å². The van der Waals surface area contributed by atoms with Crippen molar-refractivity contribution in [2.24, 2.45) is 11.1 Å². The maximum atomic E-state index is 13.0. The van der Waals surface area contributed by atoms with Crippen molar-refractivity contribution in [3.8, 4) is 0 Å². The van der Waals surface area contributed by atoms with Gasteiger partial charge in [0.15, 0.2) is 10.8 Å². The third kappa shape index (κ3) is 5.43. The Kier molecular flexibility index (Phi) is 7.61. The summed E-state index contributed by atoms with van der Waals surface area (Å²) in [5, 5.41) is 28.4. The number of carbonyl (C=O) groups excluding carboxylic acids is 2. The summed E-state index contributed by atoms with van der Waals surface area (Å²) >= 11 is 3.83. The number of anilines is 1. The van der Waals surface area contributed by atoms with Crippen molar-refractivity contribution < 1.29 is 24.3 Å². The summed E-state index contributed by atoms with van der Waals surface area (Å²) in [7, 11) is 0. The molecule has 1 saturated heterocycles. The molecule has 5 N–H and O–H groups in total. The number of aliphatic carboxylic acids is 1. The van der Waals surface area contributed by atoms with E-state index in [0.29, 0.717) is 22.1 Å². The molecule has 16 heteroatoms. The molecule has 2 atom stereocenters. The zero-order chi connectivity index (χ0) is 25.1. The van der Waals surface area contributed by atoms with E-state index in [0.717, 1.165) is 11.3 Å². The fraction of sp³-hybridized carbons (Fsp3) is 0.421. The summed E-state index contributed by atoms with van der Waals surface area (Å²) in [5.74, 6) is -1.48. The number of rotatable bonds is 10. The van der Waals surface area contributed by atoms with E-state index >= 15 is 0 Å². The van der Waals surface area contributed by atoms with Crippen molar-refractivity contribution in [2.45, 2.75) is 30.3 Å². The fourth-order valence-corrected chi connectivity index (χ4v) is 6.09. The number of H-pyrrole nitrogens is 1. The van der Waals surface area contributed by atoms with Crippen molar-refractivity contribution in [3.63, 3.8) is 0 Å². The molecule has 1 unspecified atom stereocenters. The number of aromatic amines is 1. The first-order valence-corrected chi connectivity index (χ1v) is 13.3. The number of oxime groups is 1. The molecule has 0 saturated carbocycles. The van der Waals surface area contributed by atoms with Gasteiger partial charge < -0.3 is 21.0 Å². The van der Waals surface area contributed by atoms with E-state index in [-0.39, 0.29) is 34.8 Å². The largest absolute Gasteiger partial charge is 0.477 e. The molecule has 35 heavy (non-hydrogen) atoms. The molecule has 2 aromatic rings. The van der Waals surface area contributed by atoms with Crippen LogP contribution < -0.4 is 11.1 Å². The molecule has 1 fully saturated rings. The quantitative estimate of drug-likeness (QED) is 0.145. The lowest BCUT2D eigenvalue weighted by Crippen LogP contribution is -2.71. The van der Waals surface area contributed by atoms with Crippen molar-refractivity contribution in [2.75, 3.05) is 23.8 Å². The third-order valence-corrected chi connectivity index (χ3v) is 7.87. The number of fused-ring (bicyclic) bond motifs is 1. The van der Waals surface area contributed by atoms with Crippen LogP contribution in [-0.4, -0.2) is 83.4 Å². The van der Waals surface area contributed by atoms with Crippen molar-refractivity contribution in [3.05, 3.63) is 28.5 Å². The van der Waals surface area contributed by atoms with Gasteiger partial charge in [-0.1, -0.05) is 30.8 Å². The van der Waals surface area contributed by atoms with Crippen LogP contribution >= 0.6 is 34.9 Å². The van der Waals surface area contributed by atoms with Crippen LogP contribution in [0, 0.1) is 5.92 Å².